The highest BCUT2D eigenvalue weighted by Crippen LogP contribution is 2.20. The molecule has 0 fully saturated rings. The molecule has 0 aliphatic heterocycles. The van der Waals surface area contributed by atoms with Crippen LogP contribution in [0.2, 0.25) is 0 Å². The SMILES string of the molecule is CC/C=C/C(CO)=C(/C)N(C)c1ccc(CC)cc1.CCOC=O. The third kappa shape index (κ3) is 7.97. The third-order valence-corrected chi connectivity index (χ3v) is 3.66. The molecule has 0 saturated carbocycles. The van der Waals surface area contributed by atoms with Crippen LogP contribution in [0.25, 0.3) is 0 Å². The standard InChI is InChI=1S/C17H25NO.C3H6O2/c1-5-7-8-16(13-19)14(3)18(4)17-11-9-15(6-2)10-12-17;1-2-5-3-4/h7-12,19H,5-6,13H2,1-4H3;3H,2H2,1H3/b8-7+,16-14+;. The van der Waals surface area contributed by atoms with E-state index in [9.17, 15) is 9.90 Å². The number of aliphatic hydroxyl groups is 1. The van der Waals surface area contributed by atoms with Crippen molar-refractivity contribution in [2.24, 2.45) is 0 Å². The summed E-state index contributed by atoms with van der Waals surface area (Å²) in [7, 11) is 2.03. The fourth-order valence-corrected chi connectivity index (χ4v) is 1.98. The molecule has 4 heteroatoms. The minimum Gasteiger partial charge on any atom is -0.468 e. The summed E-state index contributed by atoms with van der Waals surface area (Å²) >= 11 is 0. The lowest BCUT2D eigenvalue weighted by molar-refractivity contribution is -0.128. The predicted octanol–water partition coefficient (Wildman–Crippen LogP) is 4.10. The highest BCUT2D eigenvalue weighted by molar-refractivity contribution is 5.53. The van der Waals surface area contributed by atoms with Crippen LogP contribution in [0.3, 0.4) is 0 Å². The Kier molecular flexibility index (Phi) is 12.2. The van der Waals surface area contributed by atoms with Crippen LogP contribution >= 0.6 is 0 Å². The normalized spacial score (nSPS) is 11.4. The lowest BCUT2D eigenvalue weighted by atomic mass is 10.1. The molecule has 24 heavy (non-hydrogen) atoms. The zero-order valence-electron chi connectivity index (χ0n) is 15.6. The van der Waals surface area contributed by atoms with Gasteiger partial charge >= 0.3 is 0 Å². The van der Waals surface area contributed by atoms with Crippen molar-refractivity contribution in [2.45, 2.75) is 40.5 Å². The van der Waals surface area contributed by atoms with Gasteiger partial charge in [0, 0.05) is 18.4 Å². The molecule has 0 aliphatic rings. The summed E-state index contributed by atoms with van der Waals surface area (Å²) in [6, 6.07) is 8.56. The fraction of sp³-hybridized carbons (Fsp3) is 0.450. The summed E-state index contributed by atoms with van der Waals surface area (Å²) in [4.78, 5) is 11.3. The predicted molar refractivity (Wildman–Crippen MR) is 101 cm³/mol. The number of aliphatic hydroxyl groups excluding tert-OH is 1. The summed E-state index contributed by atoms with van der Waals surface area (Å²) in [5.74, 6) is 0. The smallest absolute Gasteiger partial charge is 0.293 e. The minimum absolute atomic E-state index is 0.0692. The third-order valence-electron chi connectivity index (χ3n) is 3.66. The highest BCUT2D eigenvalue weighted by atomic mass is 16.5. The van der Waals surface area contributed by atoms with E-state index in [0.29, 0.717) is 13.1 Å². The molecule has 1 N–H and O–H groups in total. The van der Waals surface area contributed by atoms with Gasteiger partial charge in [0.15, 0.2) is 0 Å². The number of allylic oxidation sites excluding steroid dienone is 2. The number of anilines is 1. The largest absolute Gasteiger partial charge is 0.468 e. The maximum atomic E-state index is 9.47. The maximum Gasteiger partial charge on any atom is 0.293 e. The van der Waals surface area contributed by atoms with Crippen LogP contribution in [0, 0.1) is 0 Å². The zero-order chi connectivity index (χ0) is 18.4. The van der Waals surface area contributed by atoms with Crippen molar-refractivity contribution in [2.75, 3.05) is 25.2 Å². The molecule has 0 aliphatic carbocycles. The molecule has 0 bridgehead atoms. The molecule has 0 unspecified atom stereocenters. The first-order valence-corrected chi connectivity index (χ1v) is 8.40. The van der Waals surface area contributed by atoms with Gasteiger partial charge in [-0.05, 0) is 50.0 Å². The fourth-order valence-electron chi connectivity index (χ4n) is 1.98. The molecule has 0 aromatic heterocycles. The van der Waals surface area contributed by atoms with Gasteiger partial charge in [-0.1, -0.05) is 38.1 Å². The number of hydrogen-bond acceptors (Lipinski definition) is 4. The van der Waals surface area contributed by atoms with Crippen molar-refractivity contribution in [1.82, 2.24) is 0 Å². The maximum absolute atomic E-state index is 9.47. The summed E-state index contributed by atoms with van der Waals surface area (Å²) < 4.78 is 4.15. The Balaban J connectivity index is 0.000000922. The highest BCUT2D eigenvalue weighted by Gasteiger charge is 2.06. The number of nitrogens with zero attached hydrogens (tertiary/aromatic N) is 1. The van der Waals surface area contributed by atoms with Gasteiger partial charge in [-0.15, -0.1) is 0 Å². The second kappa shape index (κ2) is 13.4. The van der Waals surface area contributed by atoms with E-state index in [2.05, 4.69) is 53.8 Å². The van der Waals surface area contributed by atoms with Gasteiger partial charge in [-0.3, -0.25) is 4.79 Å². The number of carbonyl (C=O) groups is 1. The van der Waals surface area contributed by atoms with Crippen LogP contribution in [0.1, 0.15) is 39.7 Å². The number of hydrogen-bond donors (Lipinski definition) is 1. The zero-order valence-corrected chi connectivity index (χ0v) is 15.6. The number of carbonyl (C=O) groups excluding carboxylic acids is 1. The van der Waals surface area contributed by atoms with E-state index in [4.69, 9.17) is 0 Å². The number of aryl methyl sites for hydroxylation is 1. The van der Waals surface area contributed by atoms with Crippen LogP contribution in [0.15, 0.2) is 47.7 Å². The van der Waals surface area contributed by atoms with Crippen molar-refractivity contribution in [3.05, 3.63) is 53.3 Å². The topological polar surface area (TPSA) is 49.8 Å². The molecular formula is C20H31NO3. The number of rotatable bonds is 8. The van der Waals surface area contributed by atoms with E-state index in [0.717, 1.165) is 29.8 Å². The molecule has 0 heterocycles. The van der Waals surface area contributed by atoms with Crippen LogP contribution < -0.4 is 4.90 Å². The Labute approximate surface area is 146 Å². The molecule has 0 spiro atoms. The first-order valence-electron chi connectivity index (χ1n) is 8.40. The van der Waals surface area contributed by atoms with Gasteiger partial charge in [0.1, 0.15) is 0 Å². The Morgan fingerprint density at radius 1 is 1.21 bits per heavy atom. The van der Waals surface area contributed by atoms with E-state index in [1.807, 2.05) is 20.0 Å². The Bertz CT molecular complexity index is 518. The number of benzene rings is 1. The van der Waals surface area contributed by atoms with E-state index in [1.54, 1.807) is 6.92 Å². The summed E-state index contributed by atoms with van der Waals surface area (Å²) in [5, 5.41) is 9.47. The average molecular weight is 333 g/mol. The van der Waals surface area contributed by atoms with Gasteiger partial charge in [-0.2, -0.15) is 0 Å². The molecule has 1 aromatic rings. The monoisotopic (exact) mass is 333 g/mol. The molecule has 0 amide bonds. The summed E-state index contributed by atoms with van der Waals surface area (Å²) in [6.07, 6.45) is 6.11. The van der Waals surface area contributed by atoms with E-state index < -0.39 is 0 Å². The van der Waals surface area contributed by atoms with Gasteiger partial charge in [0.05, 0.1) is 13.2 Å². The molecule has 0 radical (unpaired) electrons. The van der Waals surface area contributed by atoms with Crippen molar-refractivity contribution in [3.8, 4) is 0 Å². The van der Waals surface area contributed by atoms with Crippen molar-refractivity contribution in [3.63, 3.8) is 0 Å². The molecule has 0 atom stereocenters. The van der Waals surface area contributed by atoms with Crippen molar-refractivity contribution < 1.29 is 14.6 Å². The van der Waals surface area contributed by atoms with Crippen molar-refractivity contribution >= 4 is 12.2 Å². The lowest BCUT2D eigenvalue weighted by Gasteiger charge is -2.22. The Morgan fingerprint density at radius 2 is 1.83 bits per heavy atom. The molecule has 134 valence electrons. The van der Waals surface area contributed by atoms with Gasteiger partial charge < -0.3 is 14.7 Å². The van der Waals surface area contributed by atoms with Crippen LogP contribution in [-0.4, -0.2) is 31.8 Å². The summed E-state index contributed by atoms with van der Waals surface area (Å²) in [6.45, 7) is 9.02. The molecule has 0 saturated heterocycles. The summed E-state index contributed by atoms with van der Waals surface area (Å²) in [5.41, 5.74) is 4.53. The minimum atomic E-state index is 0.0692. The van der Waals surface area contributed by atoms with E-state index in [1.165, 1.54) is 5.56 Å². The Morgan fingerprint density at radius 3 is 2.21 bits per heavy atom. The lowest BCUT2D eigenvalue weighted by Crippen LogP contribution is -2.17. The quantitative estimate of drug-likeness (QED) is 0.575. The van der Waals surface area contributed by atoms with E-state index in [-0.39, 0.29) is 6.61 Å². The molecular weight excluding hydrogens is 302 g/mol. The molecule has 4 nitrogen and oxygen atoms in total. The van der Waals surface area contributed by atoms with Gasteiger partial charge in [-0.25, -0.2) is 0 Å². The van der Waals surface area contributed by atoms with Crippen molar-refractivity contribution in [1.29, 1.82) is 0 Å². The van der Waals surface area contributed by atoms with Crippen LogP contribution in [-0.2, 0) is 16.0 Å². The average Bonchev–Trinajstić information content (AvgIpc) is 2.62. The first-order chi connectivity index (χ1) is 11.5. The van der Waals surface area contributed by atoms with Gasteiger partial charge in [0.25, 0.3) is 6.47 Å². The Hall–Kier alpha value is -2.07. The van der Waals surface area contributed by atoms with Crippen LogP contribution in [0.5, 0.6) is 0 Å². The van der Waals surface area contributed by atoms with Crippen LogP contribution in [0.4, 0.5) is 5.69 Å². The van der Waals surface area contributed by atoms with E-state index >= 15 is 0 Å². The number of ether oxygens (including phenoxy) is 1. The first kappa shape index (κ1) is 21.9. The second-order valence-electron chi connectivity index (χ2n) is 5.21. The molecule has 1 aromatic carbocycles. The molecule has 1 rings (SSSR count). The second-order valence-corrected chi connectivity index (χ2v) is 5.21. The van der Waals surface area contributed by atoms with Gasteiger partial charge in [0.2, 0.25) is 0 Å².